The van der Waals surface area contributed by atoms with Gasteiger partial charge in [-0.3, -0.25) is 0 Å². The maximum Gasteiger partial charge on any atom is 0.145 e. The minimum Gasteiger partial charge on any atom is -0.491 e. The highest BCUT2D eigenvalue weighted by atomic mass is 79.9. The predicted octanol–water partition coefficient (Wildman–Crippen LogP) is 3.42. The summed E-state index contributed by atoms with van der Waals surface area (Å²) in [5, 5.41) is 0. The van der Waals surface area contributed by atoms with Crippen LogP contribution >= 0.6 is 15.9 Å². The second-order valence-corrected chi connectivity index (χ2v) is 5.93. The average molecular weight is 331 g/mol. The Kier molecular flexibility index (Phi) is 5.05. The Labute approximate surface area is 122 Å². The fourth-order valence-corrected chi connectivity index (χ4v) is 2.84. The molecule has 2 N–H and O–H groups in total. The van der Waals surface area contributed by atoms with E-state index < -0.39 is 0 Å². The molecule has 0 aliphatic carbocycles. The normalized spacial score (nSPS) is 20.5. The number of nitrogen functional groups attached to an aromatic ring is 1. The number of halogens is 2. The van der Waals surface area contributed by atoms with Crippen LogP contribution in [0.5, 0.6) is 5.75 Å². The molecule has 0 aromatic heterocycles. The summed E-state index contributed by atoms with van der Waals surface area (Å²) in [6.07, 6.45) is 4.72. The topological polar surface area (TPSA) is 38.5 Å². The number of anilines is 1. The molecule has 0 radical (unpaired) electrons. The van der Waals surface area contributed by atoms with E-state index in [4.69, 9.17) is 10.5 Å². The van der Waals surface area contributed by atoms with Crippen LogP contribution in [0.1, 0.15) is 25.7 Å². The number of likely N-dealkylation sites (tertiary alicyclic amines) is 1. The molecule has 1 aromatic rings. The van der Waals surface area contributed by atoms with Gasteiger partial charge in [-0.1, -0.05) is 6.42 Å². The fourth-order valence-electron chi connectivity index (χ4n) is 2.48. The van der Waals surface area contributed by atoms with Crippen molar-refractivity contribution in [1.29, 1.82) is 0 Å². The van der Waals surface area contributed by atoms with Gasteiger partial charge in [0.05, 0.1) is 16.8 Å². The summed E-state index contributed by atoms with van der Waals surface area (Å²) in [4.78, 5) is 2.37. The van der Waals surface area contributed by atoms with E-state index in [2.05, 4.69) is 27.9 Å². The van der Waals surface area contributed by atoms with Crippen LogP contribution in [-0.2, 0) is 0 Å². The quantitative estimate of drug-likeness (QED) is 0.859. The molecule has 1 atom stereocenters. The van der Waals surface area contributed by atoms with Crippen molar-refractivity contribution in [3.63, 3.8) is 0 Å². The predicted molar refractivity (Wildman–Crippen MR) is 78.9 cm³/mol. The lowest BCUT2D eigenvalue weighted by Gasteiger charge is -2.32. The largest absolute Gasteiger partial charge is 0.491 e. The highest BCUT2D eigenvalue weighted by Crippen LogP contribution is 2.28. The molecular weight excluding hydrogens is 311 g/mol. The van der Waals surface area contributed by atoms with E-state index in [1.54, 1.807) is 0 Å². The molecular formula is C14H20BrFN2O. The molecule has 1 aliphatic heterocycles. The van der Waals surface area contributed by atoms with E-state index in [9.17, 15) is 4.39 Å². The van der Waals surface area contributed by atoms with Crippen molar-refractivity contribution in [2.45, 2.75) is 31.7 Å². The van der Waals surface area contributed by atoms with E-state index in [1.165, 1.54) is 31.4 Å². The molecule has 1 unspecified atom stereocenters. The average Bonchev–Trinajstić information content (AvgIpc) is 2.38. The van der Waals surface area contributed by atoms with Gasteiger partial charge in [0.15, 0.2) is 0 Å². The molecule has 0 saturated carbocycles. The third-order valence-electron chi connectivity index (χ3n) is 3.68. The Morgan fingerprint density at radius 3 is 3.00 bits per heavy atom. The summed E-state index contributed by atoms with van der Waals surface area (Å²) in [7, 11) is 2.15. The summed E-state index contributed by atoms with van der Waals surface area (Å²) in [5.41, 5.74) is 6.27. The molecule has 1 aliphatic rings. The standard InChI is InChI=1S/C14H20BrFN2O/c1-18-6-3-2-4-10(18)5-7-19-14-9-12(16)11(15)8-13(14)17/h8-10H,2-7,17H2,1H3. The van der Waals surface area contributed by atoms with Gasteiger partial charge >= 0.3 is 0 Å². The van der Waals surface area contributed by atoms with Crippen LogP contribution < -0.4 is 10.5 Å². The number of nitrogens with two attached hydrogens (primary N) is 1. The molecule has 0 amide bonds. The number of hydrogen-bond acceptors (Lipinski definition) is 3. The molecule has 1 fully saturated rings. The lowest BCUT2D eigenvalue weighted by Crippen LogP contribution is -2.37. The van der Waals surface area contributed by atoms with Crippen molar-refractivity contribution in [3.8, 4) is 5.75 Å². The summed E-state index contributed by atoms with van der Waals surface area (Å²) < 4.78 is 19.4. The first kappa shape index (κ1) is 14.6. The van der Waals surface area contributed by atoms with Gasteiger partial charge in [-0.2, -0.15) is 0 Å². The van der Waals surface area contributed by atoms with Crippen molar-refractivity contribution in [2.24, 2.45) is 0 Å². The fraction of sp³-hybridized carbons (Fsp3) is 0.571. The molecule has 19 heavy (non-hydrogen) atoms. The molecule has 106 valence electrons. The van der Waals surface area contributed by atoms with Gasteiger partial charge in [0.25, 0.3) is 0 Å². The van der Waals surface area contributed by atoms with Crippen molar-refractivity contribution in [2.75, 3.05) is 25.9 Å². The second kappa shape index (κ2) is 6.57. The number of piperidine rings is 1. The third-order valence-corrected chi connectivity index (χ3v) is 4.29. The molecule has 1 saturated heterocycles. The summed E-state index contributed by atoms with van der Waals surface area (Å²) in [6, 6.07) is 3.44. The number of ether oxygens (including phenoxy) is 1. The van der Waals surface area contributed by atoms with Gasteiger partial charge in [0.2, 0.25) is 0 Å². The van der Waals surface area contributed by atoms with Crippen LogP contribution in [-0.4, -0.2) is 31.1 Å². The van der Waals surface area contributed by atoms with Crippen LogP contribution in [0.3, 0.4) is 0 Å². The van der Waals surface area contributed by atoms with Crippen LogP contribution in [0.25, 0.3) is 0 Å². The van der Waals surface area contributed by atoms with E-state index in [1.807, 2.05) is 0 Å². The highest BCUT2D eigenvalue weighted by Gasteiger charge is 2.18. The van der Waals surface area contributed by atoms with Gasteiger partial charge < -0.3 is 15.4 Å². The van der Waals surface area contributed by atoms with E-state index >= 15 is 0 Å². The lowest BCUT2D eigenvalue weighted by molar-refractivity contribution is 0.153. The number of nitrogens with zero attached hydrogens (tertiary/aromatic N) is 1. The number of hydrogen-bond donors (Lipinski definition) is 1. The molecule has 0 spiro atoms. The molecule has 1 aromatic carbocycles. The third kappa shape index (κ3) is 3.83. The molecule has 0 bridgehead atoms. The minimum absolute atomic E-state index is 0.348. The Morgan fingerprint density at radius 1 is 1.47 bits per heavy atom. The monoisotopic (exact) mass is 330 g/mol. The van der Waals surface area contributed by atoms with E-state index in [0.717, 1.165) is 13.0 Å². The van der Waals surface area contributed by atoms with Crippen molar-refractivity contribution in [3.05, 3.63) is 22.4 Å². The summed E-state index contributed by atoms with van der Waals surface area (Å²) >= 11 is 3.10. The zero-order valence-corrected chi connectivity index (χ0v) is 12.7. The Morgan fingerprint density at radius 2 is 2.26 bits per heavy atom. The first-order valence-corrected chi connectivity index (χ1v) is 7.45. The van der Waals surface area contributed by atoms with Gasteiger partial charge in [0.1, 0.15) is 11.6 Å². The van der Waals surface area contributed by atoms with Crippen LogP contribution in [0.15, 0.2) is 16.6 Å². The van der Waals surface area contributed by atoms with Gasteiger partial charge in [-0.05, 0) is 54.9 Å². The van der Waals surface area contributed by atoms with Gasteiger partial charge in [-0.25, -0.2) is 4.39 Å². The summed E-state index contributed by atoms with van der Waals surface area (Å²) in [5.74, 6) is 0.0816. The molecule has 3 nitrogen and oxygen atoms in total. The molecule has 1 heterocycles. The zero-order chi connectivity index (χ0) is 13.8. The number of benzene rings is 1. The lowest BCUT2D eigenvalue weighted by atomic mass is 10.0. The zero-order valence-electron chi connectivity index (χ0n) is 11.2. The Bertz CT molecular complexity index is 442. The molecule has 2 rings (SSSR count). The van der Waals surface area contributed by atoms with Crippen molar-refractivity contribution < 1.29 is 9.13 Å². The smallest absolute Gasteiger partial charge is 0.145 e. The first-order valence-electron chi connectivity index (χ1n) is 6.65. The van der Waals surface area contributed by atoms with E-state index in [0.29, 0.717) is 28.6 Å². The first-order chi connectivity index (χ1) is 9.08. The van der Waals surface area contributed by atoms with Gasteiger partial charge in [0, 0.05) is 12.1 Å². The van der Waals surface area contributed by atoms with Gasteiger partial charge in [-0.15, -0.1) is 0 Å². The van der Waals surface area contributed by atoms with E-state index in [-0.39, 0.29) is 5.82 Å². The van der Waals surface area contributed by atoms with Crippen molar-refractivity contribution >= 4 is 21.6 Å². The maximum atomic E-state index is 13.4. The Hall–Kier alpha value is -0.810. The second-order valence-electron chi connectivity index (χ2n) is 5.07. The van der Waals surface area contributed by atoms with Crippen LogP contribution in [0, 0.1) is 5.82 Å². The SMILES string of the molecule is CN1CCCCC1CCOc1cc(F)c(Br)cc1N. The Balaban J connectivity index is 1.87. The minimum atomic E-state index is -0.348. The summed E-state index contributed by atoms with van der Waals surface area (Å²) in [6.45, 7) is 1.72. The molecule has 5 heteroatoms. The maximum absolute atomic E-state index is 13.4. The number of rotatable bonds is 4. The van der Waals surface area contributed by atoms with Crippen LogP contribution in [0.2, 0.25) is 0 Å². The highest BCUT2D eigenvalue weighted by molar-refractivity contribution is 9.10. The van der Waals surface area contributed by atoms with Crippen LogP contribution in [0.4, 0.5) is 10.1 Å². The van der Waals surface area contributed by atoms with Crippen molar-refractivity contribution in [1.82, 2.24) is 4.90 Å².